The number of nitrogens with zero attached hydrogens (tertiary/aromatic N) is 3. The first kappa shape index (κ1) is 23.9. The molecule has 0 aliphatic heterocycles. The highest BCUT2D eigenvalue weighted by atomic mass is 32.2. The van der Waals surface area contributed by atoms with E-state index in [1.54, 1.807) is 14.2 Å². The summed E-state index contributed by atoms with van der Waals surface area (Å²) in [4.78, 5) is 12.6. The molecule has 2 aromatic carbocycles. The second-order valence-electron chi connectivity index (χ2n) is 8.18. The van der Waals surface area contributed by atoms with Gasteiger partial charge in [-0.3, -0.25) is 9.36 Å². The molecule has 0 radical (unpaired) electrons. The highest BCUT2D eigenvalue weighted by Gasteiger charge is 2.20. The molecule has 1 heterocycles. The number of thioether (sulfide) groups is 1. The summed E-state index contributed by atoms with van der Waals surface area (Å²) in [7, 11) is 3.29. The molecule has 0 unspecified atom stereocenters. The molecule has 1 aliphatic carbocycles. The fourth-order valence-electron chi connectivity index (χ4n) is 4.10. The van der Waals surface area contributed by atoms with Crippen LogP contribution in [0, 0.1) is 0 Å². The Hall–Kier alpha value is -3.20. The number of hydrogen-bond acceptors (Lipinski definition) is 7. The van der Waals surface area contributed by atoms with E-state index in [9.17, 15) is 4.79 Å². The lowest BCUT2D eigenvalue weighted by Crippen LogP contribution is -2.37. The molecule has 4 rings (SSSR count). The molecule has 0 bridgehead atoms. The molecule has 9 heteroatoms. The Morgan fingerprint density at radius 1 is 1.03 bits per heavy atom. The van der Waals surface area contributed by atoms with E-state index >= 15 is 0 Å². The topological polar surface area (TPSA) is 90.3 Å². The third-order valence-electron chi connectivity index (χ3n) is 5.87. The SMILES string of the molecule is COc1ccc(NCc2nnc(SCC(=O)NC3CCCCC3)n2-c2ccccc2OC)cc1. The van der Waals surface area contributed by atoms with E-state index in [1.807, 2.05) is 53.1 Å². The summed E-state index contributed by atoms with van der Waals surface area (Å²) in [6.07, 6.45) is 5.76. The van der Waals surface area contributed by atoms with Crippen molar-refractivity contribution in [1.82, 2.24) is 20.1 Å². The summed E-state index contributed by atoms with van der Waals surface area (Å²) in [6, 6.07) is 15.7. The van der Waals surface area contributed by atoms with Gasteiger partial charge in [0.1, 0.15) is 11.5 Å². The largest absolute Gasteiger partial charge is 0.497 e. The first-order valence-corrected chi connectivity index (χ1v) is 12.5. The van der Waals surface area contributed by atoms with Crippen LogP contribution in [0.3, 0.4) is 0 Å². The van der Waals surface area contributed by atoms with Crippen LogP contribution >= 0.6 is 11.8 Å². The molecule has 180 valence electrons. The number of rotatable bonds is 10. The van der Waals surface area contributed by atoms with Gasteiger partial charge in [-0.15, -0.1) is 10.2 Å². The summed E-state index contributed by atoms with van der Waals surface area (Å²) in [5, 5.41) is 16.0. The highest BCUT2D eigenvalue weighted by Crippen LogP contribution is 2.29. The number of para-hydroxylation sites is 2. The molecule has 3 aromatic rings. The Morgan fingerprint density at radius 2 is 1.79 bits per heavy atom. The maximum Gasteiger partial charge on any atom is 0.230 e. The van der Waals surface area contributed by atoms with E-state index < -0.39 is 0 Å². The van der Waals surface area contributed by atoms with E-state index in [0.29, 0.717) is 17.5 Å². The number of carbonyl (C=O) groups is 1. The fraction of sp³-hybridized carbons (Fsp3) is 0.400. The van der Waals surface area contributed by atoms with Crippen molar-refractivity contribution in [3.63, 3.8) is 0 Å². The zero-order valence-corrected chi connectivity index (χ0v) is 20.4. The molecule has 1 saturated carbocycles. The Labute approximate surface area is 204 Å². The van der Waals surface area contributed by atoms with Gasteiger partial charge in [0.2, 0.25) is 5.91 Å². The van der Waals surface area contributed by atoms with Gasteiger partial charge in [-0.25, -0.2) is 0 Å². The molecule has 2 N–H and O–H groups in total. The van der Waals surface area contributed by atoms with Crippen molar-refractivity contribution >= 4 is 23.4 Å². The van der Waals surface area contributed by atoms with Gasteiger partial charge in [0.15, 0.2) is 11.0 Å². The Kier molecular flexibility index (Phi) is 8.30. The lowest BCUT2D eigenvalue weighted by molar-refractivity contribution is -0.119. The van der Waals surface area contributed by atoms with Crippen LogP contribution < -0.4 is 20.1 Å². The highest BCUT2D eigenvalue weighted by molar-refractivity contribution is 7.99. The fourth-order valence-corrected chi connectivity index (χ4v) is 4.88. The van der Waals surface area contributed by atoms with E-state index in [2.05, 4.69) is 20.8 Å². The van der Waals surface area contributed by atoms with Gasteiger partial charge >= 0.3 is 0 Å². The Balaban J connectivity index is 1.51. The van der Waals surface area contributed by atoms with Gasteiger partial charge in [0.05, 0.1) is 32.2 Å². The van der Waals surface area contributed by atoms with Gasteiger partial charge in [-0.2, -0.15) is 0 Å². The van der Waals surface area contributed by atoms with Crippen molar-refractivity contribution in [2.45, 2.75) is 49.8 Å². The average molecular weight is 482 g/mol. The maximum absolute atomic E-state index is 12.6. The normalized spacial score (nSPS) is 13.9. The number of ether oxygens (including phenoxy) is 2. The Bertz CT molecular complexity index is 1080. The van der Waals surface area contributed by atoms with E-state index in [4.69, 9.17) is 9.47 Å². The standard InChI is InChI=1S/C25H31N5O3S/c1-32-20-14-12-18(13-15-20)26-16-23-28-29-25(30(23)21-10-6-7-11-22(21)33-2)34-17-24(31)27-19-8-4-3-5-9-19/h6-7,10-15,19,26H,3-5,8-9,16-17H2,1-2H3,(H,27,31). The summed E-state index contributed by atoms with van der Waals surface area (Å²) >= 11 is 1.38. The third-order valence-corrected chi connectivity index (χ3v) is 6.80. The zero-order valence-electron chi connectivity index (χ0n) is 19.6. The molecule has 0 atom stereocenters. The molecule has 1 aliphatic rings. The molecule has 0 saturated heterocycles. The number of anilines is 1. The van der Waals surface area contributed by atoms with Crippen molar-refractivity contribution in [3.05, 3.63) is 54.4 Å². The molecule has 34 heavy (non-hydrogen) atoms. The van der Waals surface area contributed by atoms with Crippen molar-refractivity contribution in [3.8, 4) is 17.2 Å². The Morgan fingerprint density at radius 3 is 2.53 bits per heavy atom. The first-order chi connectivity index (χ1) is 16.7. The maximum atomic E-state index is 12.6. The molecular weight excluding hydrogens is 450 g/mol. The van der Waals surface area contributed by atoms with Crippen molar-refractivity contribution < 1.29 is 14.3 Å². The van der Waals surface area contributed by atoms with Crippen LogP contribution in [0.5, 0.6) is 11.5 Å². The first-order valence-electron chi connectivity index (χ1n) is 11.6. The number of hydrogen-bond donors (Lipinski definition) is 2. The number of aromatic nitrogens is 3. The van der Waals surface area contributed by atoms with Crippen LogP contribution in [-0.4, -0.2) is 46.7 Å². The lowest BCUT2D eigenvalue weighted by atomic mass is 9.95. The predicted octanol–water partition coefficient (Wildman–Crippen LogP) is 4.44. The molecule has 1 fully saturated rings. The van der Waals surface area contributed by atoms with Gasteiger partial charge < -0.3 is 20.1 Å². The molecule has 1 amide bonds. The van der Waals surface area contributed by atoms with Gasteiger partial charge in [-0.1, -0.05) is 43.2 Å². The molecule has 1 aromatic heterocycles. The number of methoxy groups -OCH3 is 2. The minimum atomic E-state index is 0.0318. The molecular formula is C25H31N5O3S. The summed E-state index contributed by atoms with van der Waals surface area (Å²) in [5.74, 6) is 2.55. The molecule has 8 nitrogen and oxygen atoms in total. The van der Waals surface area contributed by atoms with E-state index in [1.165, 1.54) is 31.0 Å². The molecule has 0 spiro atoms. The van der Waals surface area contributed by atoms with Gasteiger partial charge in [-0.05, 0) is 49.2 Å². The quantitative estimate of drug-likeness (QED) is 0.414. The predicted molar refractivity (Wildman–Crippen MR) is 134 cm³/mol. The minimum Gasteiger partial charge on any atom is -0.497 e. The van der Waals surface area contributed by atoms with Gasteiger partial charge in [0, 0.05) is 11.7 Å². The number of amides is 1. The second kappa shape index (κ2) is 11.8. The number of benzene rings is 2. The van der Waals surface area contributed by atoms with E-state index in [-0.39, 0.29) is 17.7 Å². The summed E-state index contributed by atoms with van der Waals surface area (Å²) < 4.78 is 12.8. The van der Waals surface area contributed by atoms with Crippen molar-refractivity contribution in [2.75, 3.05) is 25.3 Å². The average Bonchev–Trinajstić information content (AvgIpc) is 3.29. The van der Waals surface area contributed by atoms with Crippen LogP contribution in [0.15, 0.2) is 53.7 Å². The smallest absolute Gasteiger partial charge is 0.230 e. The summed E-state index contributed by atoms with van der Waals surface area (Å²) in [6.45, 7) is 0.451. The lowest BCUT2D eigenvalue weighted by Gasteiger charge is -2.22. The van der Waals surface area contributed by atoms with Crippen LogP contribution in [0.2, 0.25) is 0 Å². The third kappa shape index (κ3) is 6.02. The van der Waals surface area contributed by atoms with Crippen LogP contribution in [-0.2, 0) is 11.3 Å². The zero-order chi connectivity index (χ0) is 23.8. The monoisotopic (exact) mass is 481 g/mol. The number of carbonyl (C=O) groups excluding carboxylic acids is 1. The second-order valence-corrected chi connectivity index (χ2v) is 9.12. The van der Waals surface area contributed by atoms with Crippen LogP contribution in [0.4, 0.5) is 5.69 Å². The summed E-state index contributed by atoms with van der Waals surface area (Å²) in [5.41, 5.74) is 1.77. The van der Waals surface area contributed by atoms with Crippen LogP contribution in [0.1, 0.15) is 37.9 Å². The van der Waals surface area contributed by atoms with Crippen LogP contribution in [0.25, 0.3) is 5.69 Å². The van der Waals surface area contributed by atoms with Crippen molar-refractivity contribution in [1.29, 1.82) is 0 Å². The number of nitrogens with one attached hydrogen (secondary N) is 2. The van der Waals surface area contributed by atoms with Crippen molar-refractivity contribution in [2.24, 2.45) is 0 Å². The van der Waals surface area contributed by atoms with E-state index in [0.717, 1.165) is 35.8 Å². The minimum absolute atomic E-state index is 0.0318. The van der Waals surface area contributed by atoms with Gasteiger partial charge in [0.25, 0.3) is 0 Å².